The molecule has 20 heavy (non-hydrogen) atoms. The van der Waals surface area contributed by atoms with Crippen molar-refractivity contribution in [2.45, 2.75) is 39.8 Å². The first kappa shape index (κ1) is 14.5. The van der Waals surface area contributed by atoms with Crippen LogP contribution in [0.3, 0.4) is 0 Å². The van der Waals surface area contributed by atoms with Gasteiger partial charge >= 0.3 is 0 Å². The third-order valence-corrected chi connectivity index (χ3v) is 2.84. The monoisotopic (exact) mass is 275 g/mol. The minimum atomic E-state index is 0.238. The lowest BCUT2D eigenvalue weighted by atomic mass is 10.2. The summed E-state index contributed by atoms with van der Waals surface area (Å²) in [6.45, 7) is 6.48. The van der Waals surface area contributed by atoms with Gasteiger partial charge in [0, 0.05) is 37.0 Å². The minimum Gasteiger partial charge on any atom is -0.377 e. The van der Waals surface area contributed by atoms with Crippen LogP contribution < -0.4 is 5.32 Å². The topological polar surface area (TPSA) is 75.7 Å². The van der Waals surface area contributed by atoms with Gasteiger partial charge in [0.2, 0.25) is 0 Å². The van der Waals surface area contributed by atoms with Crippen LogP contribution in [0.1, 0.15) is 29.8 Å². The molecule has 0 aliphatic rings. The second kappa shape index (κ2) is 6.47. The predicted molar refractivity (Wildman–Crippen MR) is 77.6 cm³/mol. The van der Waals surface area contributed by atoms with Gasteiger partial charge in [-0.3, -0.25) is 5.10 Å². The van der Waals surface area contributed by atoms with Gasteiger partial charge in [-0.2, -0.15) is 5.10 Å². The average Bonchev–Trinajstić information content (AvgIpc) is 2.74. The van der Waals surface area contributed by atoms with Crippen LogP contribution in [0.25, 0.3) is 0 Å². The zero-order chi connectivity index (χ0) is 14.5. The van der Waals surface area contributed by atoms with Crippen molar-refractivity contribution < 1.29 is 4.74 Å². The fraction of sp³-hybridized carbons (Fsp3) is 0.500. The number of rotatable bonds is 6. The highest BCUT2D eigenvalue weighted by Gasteiger charge is 2.08. The number of H-pyrrole nitrogens is 1. The van der Waals surface area contributed by atoms with Crippen LogP contribution in [0, 0.1) is 13.8 Å². The Kier molecular flexibility index (Phi) is 4.68. The lowest BCUT2D eigenvalue weighted by Crippen LogP contribution is -2.20. The molecule has 2 rings (SSSR count). The maximum Gasteiger partial charge on any atom is 0.156 e. The van der Waals surface area contributed by atoms with Crippen LogP contribution in [-0.2, 0) is 17.8 Å². The van der Waals surface area contributed by atoms with Crippen molar-refractivity contribution in [1.82, 2.24) is 20.2 Å². The fourth-order valence-corrected chi connectivity index (χ4v) is 2.09. The zero-order valence-electron chi connectivity index (χ0n) is 12.4. The molecule has 1 unspecified atom stereocenters. The molecule has 0 aliphatic carbocycles. The number of aryl methyl sites for hydroxylation is 2. The van der Waals surface area contributed by atoms with E-state index in [1.54, 1.807) is 7.11 Å². The molecule has 1 atom stereocenters. The lowest BCUT2D eigenvalue weighted by Gasteiger charge is -2.14. The Labute approximate surface area is 119 Å². The zero-order valence-corrected chi connectivity index (χ0v) is 12.4. The summed E-state index contributed by atoms with van der Waals surface area (Å²) in [5, 5.41) is 10.6. The summed E-state index contributed by atoms with van der Waals surface area (Å²) >= 11 is 0. The number of methoxy groups -OCH3 is 1. The van der Waals surface area contributed by atoms with E-state index in [9.17, 15) is 0 Å². The molecular weight excluding hydrogens is 254 g/mol. The number of nitrogens with one attached hydrogen (secondary N) is 2. The molecule has 2 N–H and O–H groups in total. The van der Waals surface area contributed by atoms with Crippen LogP contribution in [0.4, 0.5) is 5.82 Å². The van der Waals surface area contributed by atoms with Gasteiger partial charge in [-0.15, -0.1) is 0 Å². The molecule has 6 heteroatoms. The summed E-state index contributed by atoms with van der Waals surface area (Å²) in [5.41, 5.74) is 3.05. The predicted octanol–water partition coefficient (Wildman–Crippen LogP) is 2.01. The summed E-state index contributed by atoms with van der Waals surface area (Å²) in [6.07, 6.45) is 0.840. The summed E-state index contributed by atoms with van der Waals surface area (Å²) in [7, 11) is 1.64. The lowest BCUT2D eigenvalue weighted by molar-refractivity contribution is 0.177. The van der Waals surface area contributed by atoms with Gasteiger partial charge in [0.05, 0.1) is 5.69 Å². The molecule has 2 aromatic rings. The maximum atomic E-state index is 5.07. The van der Waals surface area contributed by atoms with E-state index in [0.29, 0.717) is 12.4 Å². The molecule has 2 heterocycles. The second-order valence-corrected chi connectivity index (χ2v) is 5.04. The Hall–Kier alpha value is -1.95. The number of anilines is 1. The van der Waals surface area contributed by atoms with Gasteiger partial charge in [-0.25, -0.2) is 9.97 Å². The maximum absolute atomic E-state index is 5.07. The molecule has 0 saturated heterocycles. The van der Waals surface area contributed by atoms with E-state index in [1.165, 1.54) is 0 Å². The van der Waals surface area contributed by atoms with Crippen LogP contribution in [0.15, 0.2) is 12.1 Å². The van der Waals surface area contributed by atoms with Gasteiger partial charge in [0.1, 0.15) is 12.4 Å². The number of aromatic amines is 1. The summed E-state index contributed by atoms with van der Waals surface area (Å²) in [4.78, 5) is 8.76. The van der Waals surface area contributed by atoms with E-state index in [1.807, 2.05) is 19.9 Å². The Morgan fingerprint density at radius 3 is 2.75 bits per heavy atom. The SMILES string of the molecule is COCc1nc(C)cc(NC(C)Cc2cc(C)[nH]n2)n1. The first-order valence-electron chi connectivity index (χ1n) is 6.67. The molecule has 0 aliphatic heterocycles. The standard InChI is InChI=1S/C14H21N5O/c1-9(5-12-6-11(3)18-19-12)15-13-7-10(2)16-14(17-13)8-20-4/h6-7,9H,5,8H2,1-4H3,(H,18,19)(H,15,16,17). The van der Waals surface area contributed by atoms with Gasteiger partial charge < -0.3 is 10.1 Å². The first-order chi connectivity index (χ1) is 9.56. The van der Waals surface area contributed by atoms with Crippen molar-refractivity contribution in [3.05, 3.63) is 35.0 Å². The van der Waals surface area contributed by atoms with Crippen molar-refractivity contribution in [2.75, 3.05) is 12.4 Å². The van der Waals surface area contributed by atoms with E-state index >= 15 is 0 Å². The molecule has 0 spiro atoms. The Morgan fingerprint density at radius 2 is 2.10 bits per heavy atom. The molecule has 0 amide bonds. The van der Waals surface area contributed by atoms with Gasteiger partial charge in [-0.05, 0) is 26.8 Å². The molecule has 0 aromatic carbocycles. The highest BCUT2D eigenvalue weighted by Crippen LogP contribution is 2.11. The van der Waals surface area contributed by atoms with Crippen molar-refractivity contribution in [2.24, 2.45) is 0 Å². The summed E-state index contributed by atoms with van der Waals surface area (Å²) in [6, 6.07) is 4.23. The molecule has 0 radical (unpaired) electrons. The van der Waals surface area contributed by atoms with Crippen LogP contribution in [-0.4, -0.2) is 33.3 Å². The highest BCUT2D eigenvalue weighted by atomic mass is 16.5. The third-order valence-electron chi connectivity index (χ3n) is 2.84. The average molecular weight is 275 g/mol. The summed E-state index contributed by atoms with van der Waals surface area (Å²) < 4.78 is 5.07. The fourth-order valence-electron chi connectivity index (χ4n) is 2.09. The minimum absolute atomic E-state index is 0.238. The number of hydrogen-bond donors (Lipinski definition) is 2. The third kappa shape index (κ3) is 4.03. The van der Waals surface area contributed by atoms with Gasteiger partial charge in [0.15, 0.2) is 5.82 Å². The Balaban J connectivity index is 2.01. The van der Waals surface area contributed by atoms with Crippen LogP contribution >= 0.6 is 0 Å². The first-order valence-corrected chi connectivity index (χ1v) is 6.67. The quantitative estimate of drug-likeness (QED) is 0.843. The van der Waals surface area contributed by atoms with E-state index < -0.39 is 0 Å². The van der Waals surface area contributed by atoms with Crippen molar-refractivity contribution in [1.29, 1.82) is 0 Å². The summed E-state index contributed by atoms with van der Waals surface area (Å²) in [5.74, 6) is 1.52. The molecule has 108 valence electrons. The van der Waals surface area contributed by atoms with Gasteiger partial charge in [-0.1, -0.05) is 0 Å². The van der Waals surface area contributed by atoms with Crippen LogP contribution in [0.2, 0.25) is 0 Å². The van der Waals surface area contributed by atoms with Gasteiger partial charge in [0.25, 0.3) is 0 Å². The van der Waals surface area contributed by atoms with Crippen LogP contribution in [0.5, 0.6) is 0 Å². The molecule has 0 bridgehead atoms. The van der Waals surface area contributed by atoms with E-state index in [4.69, 9.17) is 4.74 Å². The smallest absolute Gasteiger partial charge is 0.156 e. The van der Waals surface area contributed by atoms with Crippen molar-refractivity contribution in [3.8, 4) is 0 Å². The molecule has 6 nitrogen and oxygen atoms in total. The number of nitrogens with zero attached hydrogens (tertiary/aromatic N) is 3. The highest BCUT2D eigenvalue weighted by molar-refractivity contribution is 5.37. The van der Waals surface area contributed by atoms with Crippen molar-refractivity contribution >= 4 is 5.82 Å². The molecule has 2 aromatic heterocycles. The number of hydrogen-bond acceptors (Lipinski definition) is 5. The van der Waals surface area contributed by atoms with E-state index in [2.05, 4.69) is 38.5 Å². The Morgan fingerprint density at radius 1 is 1.30 bits per heavy atom. The Bertz CT molecular complexity index is 566. The number of ether oxygens (including phenoxy) is 1. The largest absolute Gasteiger partial charge is 0.377 e. The normalized spacial score (nSPS) is 12.4. The van der Waals surface area contributed by atoms with Crippen molar-refractivity contribution in [3.63, 3.8) is 0 Å². The number of aromatic nitrogens is 4. The molecule has 0 fully saturated rings. The molecule has 0 saturated carbocycles. The van der Waals surface area contributed by atoms with E-state index in [0.717, 1.165) is 29.3 Å². The molecular formula is C14H21N5O. The van der Waals surface area contributed by atoms with E-state index in [-0.39, 0.29) is 6.04 Å². The second-order valence-electron chi connectivity index (χ2n) is 5.04.